The fourth-order valence-corrected chi connectivity index (χ4v) is 2.21. The van der Waals surface area contributed by atoms with Crippen LogP contribution in [0.3, 0.4) is 0 Å². The predicted octanol–water partition coefficient (Wildman–Crippen LogP) is 0.464. The lowest BCUT2D eigenvalue weighted by Crippen LogP contribution is -2.62. The van der Waals surface area contributed by atoms with Gasteiger partial charge >= 0.3 is 5.97 Å². The lowest BCUT2D eigenvalue weighted by Gasteiger charge is -2.44. The summed E-state index contributed by atoms with van der Waals surface area (Å²) < 4.78 is 5.64. The number of hydrogen-bond acceptors (Lipinski definition) is 4. The molecule has 1 heterocycles. The van der Waals surface area contributed by atoms with Crippen LogP contribution < -0.4 is 5.32 Å². The largest absolute Gasteiger partial charge is 0.480 e. The SMILES string of the molecule is CC1CN(C(C)(C)C(=O)NC(C)C(=O)O)CC(C)O1. The van der Waals surface area contributed by atoms with E-state index in [2.05, 4.69) is 5.32 Å². The molecule has 0 aliphatic carbocycles. The molecule has 1 aliphatic rings. The molecule has 0 spiro atoms. The summed E-state index contributed by atoms with van der Waals surface area (Å²) in [6.07, 6.45) is 0.125. The van der Waals surface area contributed by atoms with Gasteiger partial charge in [-0.15, -0.1) is 0 Å². The van der Waals surface area contributed by atoms with Crippen molar-refractivity contribution >= 4 is 11.9 Å². The van der Waals surface area contributed by atoms with Gasteiger partial charge in [-0.1, -0.05) is 0 Å². The maximum absolute atomic E-state index is 12.2. The summed E-state index contributed by atoms with van der Waals surface area (Å²) in [5.41, 5.74) is -0.754. The topological polar surface area (TPSA) is 78.9 Å². The van der Waals surface area contributed by atoms with Gasteiger partial charge in [0, 0.05) is 13.1 Å². The molecule has 19 heavy (non-hydrogen) atoms. The van der Waals surface area contributed by atoms with Gasteiger partial charge in [-0.3, -0.25) is 14.5 Å². The molecule has 1 saturated heterocycles. The maximum Gasteiger partial charge on any atom is 0.325 e. The zero-order valence-electron chi connectivity index (χ0n) is 12.3. The second-order valence-electron chi connectivity index (χ2n) is 5.75. The minimum absolute atomic E-state index is 0.0627. The van der Waals surface area contributed by atoms with E-state index in [9.17, 15) is 9.59 Å². The molecule has 0 aromatic rings. The third kappa shape index (κ3) is 3.91. The maximum atomic E-state index is 12.2. The van der Waals surface area contributed by atoms with Crippen molar-refractivity contribution in [3.05, 3.63) is 0 Å². The van der Waals surface area contributed by atoms with E-state index in [1.54, 1.807) is 0 Å². The summed E-state index contributed by atoms with van der Waals surface area (Å²) in [7, 11) is 0. The number of rotatable bonds is 4. The van der Waals surface area contributed by atoms with E-state index in [0.717, 1.165) is 0 Å². The summed E-state index contributed by atoms with van der Waals surface area (Å²) >= 11 is 0. The van der Waals surface area contributed by atoms with E-state index >= 15 is 0 Å². The monoisotopic (exact) mass is 272 g/mol. The van der Waals surface area contributed by atoms with Crippen LogP contribution in [0.25, 0.3) is 0 Å². The van der Waals surface area contributed by atoms with Gasteiger partial charge in [-0.2, -0.15) is 0 Å². The molecule has 1 amide bonds. The van der Waals surface area contributed by atoms with E-state index in [1.165, 1.54) is 6.92 Å². The Morgan fingerprint density at radius 1 is 1.32 bits per heavy atom. The third-order valence-electron chi connectivity index (χ3n) is 3.48. The number of ether oxygens (including phenoxy) is 1. The van der Waals surface area contributed by atoms with Crippen LogP contribution in [0, 0.1) is 0 Å². The zero-order valence-corrected chi connectivity index (χ0v) is 12.3. The lowest BCUT2D eigenvalue weighted by molar-refractivity contribution is -0.147. The van der Waals surface area contributed by atoms with Crippen molar-refractivity contribution in [3.63, 3.8) is 0 Å². The summed E-state index contributed by atoms with van der Waals surface area (Å²) in [5, 5.41) is 11.4. The van der Waals surface area contributed by atoms with Crippen LogP contribution in [0.1, 0.15) is 34.6 Å². The molecule has 3 atom stereocenters. The van der Waals surface area contributed by atoms with E-state index in [1.807, 2.05) is 32.6 Å². The molecule has 6 nitrogen and oxygen atoms in total. The molecule has 0 aromatic heterocycles. The Hall–Kier alpha value is -1.14. The Morgan fingerprint density at radius 2 is 1.79 bits per heavy atom. The molecule has 110 valence electrons. The molecule has 1 rings (SSSR count). The van der Waals surface area contributed by atoms with E-state index in [4.69, 9.17) is 9.84 Å². The average molecular weight is 272 g/mol. The lowest BCUT2D eigenvalue weighted by atomic mass is 9.98. The normalized spacial score (nSPS) is 26.8. The first-order chi connectivity index (χ1) is 8.64. The second kappa shape index (κ2) is 5.88. The first kappa shape index (κ1) is 15.9. The van der Waals surface area contributed by atoms with Crippen molar-refractivity contribution in [3.8, 4) is 0 Å². The van der Waals surface area contributed by atoms with E-state index in [-0.39, 0.29) is 18.1 Å². The summed E-state index contributed by atoms with van der Waals surface area (Å²) in [4.78, 5) is 25.1. The molecule has 6 heteroatoms. The van der Waals surface area contributed by atoms with Gasteiger partial charge in [-0.05, 0) is 34.6 Å². The first-order valence-corrected chi connectivity index (χ1v) is 6.59. The highest BCUT2D eigenvalue weighted by atomic mass is 16.5. The summed E-state index contributed by atoms with van der Waals surface area (Å²) in [6, 6.07) is -0.886. The van der Waals surface area contributed by atoms with Crippen LogP contribution in [-0.4, -0.2) is 58.8 Å². The highest BCUT2D eigenvalue weighted by molar-refractivity contribution is 5.89. The molecular formula is C13H24N2O4. The highest BCUT2D eigenvalue weighted by Crippen LogP contribution is 2.21. The van der Waals surface area contributed by atoms with Gasteiger partial charge in [0.2, 0.25) is 5.91 Å². The number of aliphatic carboxylic acids is 1. The quantitative estimate of drug-likeness (QED) is 0.777. The Morgan fingerprint density at radius 3 is 2.21 bits per heavy atom. The smallest absolute Gasteiger partial charge is 0.325 e. The van der Waals surface area contributed by atoms with Crippen LogP contribution in [0.2, 0.25) is 0 Å². The minimum atomic E-state index is -1.03. The molecule has 2 N–H and O–H groups in total. The molecule has 0 saturated carbocycles. The van der Waals surface area contributed by atoms with Crippen molar-refractivity contribution < 1.29 is 19.4 Å². The average Bonchev–Trinajstić information content (AvgIpc) is 2.27. The standard InChI is InChI=1S/C13H24N2O4/c1-8-6-15(7-9(2)19-8)13(4,5)12(18)14-10(3)11(16)17/h8-10H,6-7H2,1-5H3,(H,14,18)(H,16,17). The molecular weight excluding hydrogens is 248 g/mol. The van der Waals surface area contributed by atoms with Crippen LogP contribution in [-0.2, 0) is 14.3 Å². The third-order valence-corrected chi connectivity index (χ3v) is 3.48. The number of morpholine rings is 1. The molecule has 0 aromatic carbocycles. The van der Waals surface area contributed by atoms with Gasteiger partial charge in [0.1, 0.15) is 6.04 Å². The number of carboxylic acids is 1. The van der Waals surface area contributed by atoms with Crippen molar-refractivity contribution in [2.45, 2.75) is 58.4 Å². The van der Waals surface area contributed by atoms with E-state index < -0.39 is 17.6 Å². The fourth-order valence-electron chi connectivity index (χ4n) is 2.21. The minimum Gasteiger partial charge on any atom is -0.480 e. The van der Waals surface area contributed by atoms with Crippen LogP contribution in [0.4, 0.5) is 0 Å². The molecule has 1 fully saturated rings. The van der Waals surface area contributed by atoms with Gasteiger partial charge in [0.15, 0.2) is 0 Å². The number of nitrogens with one attached hydrogen (secondary N) is 1. The number of amides is 1. The number of carbonyl (C=O) groups is 2. The number of nitrogens with zero attached hydrogens (tertiary/aromatic N) is 1. The van der Waals surface area contributed by atoms with Crippen molar-refractivity contribution in [1.82, 2.24) is 10.2 Å². The van der Waals surface area contributed by atoms with Crippen LogP contribution in [0.15, 0.2) is 0 Å². The Labute approximate surface area is 114 Å². The fraction of sp³-hybridized carbons (Fsp3) is 0.846. The van der Waals surface area contributed by atoms with Crippen molar-refractivity contribution in [2.24, 2.45) is 0 Å². The Kier molecular flexibility index (Phi) is 4.92. The van der Waals surface area contributed by atoms with Crippen molar-refractivity contribution in [2.75, 3.05) is 13.1 Å². The van der Waals surface area contributed by atoms with E-state index in [0.29, 0.717) is 13.1 Å². The number of carbonyl (C=O) groups excluding carboxylic acids is 1. The van der Waals surface area contributed by atoms with Crippen LogP contribution >= 0.6 is 0 Å². The van der Waals surface area contributed by atoms with Gasteiger partial charge in [-0.25, -0.2) is 0 Å². The second-order valence-corrected chi connectivity index (χ2v) is 5.75. The first-order valence-electron chi connectivity index (χ1n) is 6.59. The zero-order chi connectivity index (χ0) is 14.8. The number of hydrogen-bond donors (Lipinski definition) is 2. The Bertz CT molecular complexity index is 347. The van der Waals surface area contributed by atoms with Crippen molar-refractivity contribution in [1.29, 1.82) is 0 Å². The molecule has 3 unspecified atom stereocenters. The molecule has 0 bridgehead atoms. The Balaban J connectivity index is 2.73. The van der Waals surface area contributed by atoms with Gasteiger partial charge in [0.05, 0.1) is 17.7 Å². The molecule has 0 radical (unpaired) electrons. The van der Waals surface area contributed by atoms with Crippen LogP contribution in [0.5, 0.6) is 0 Å². The van der Waals surface area contributed by atoms with Gasteiger partial charge in [0.25, 0.3) is 0 Å². The number of carboxylic acid groups (broad SMARTS) is 1. The summed E-state index contributed by atoms with van der Waals surface area (Å²) in [5.74, 6) is -1.31. The predicted molar refractivity (Wildman–Crippen MR) is 70.9 cm³/mol. The van der Waals surface area contributed by atoms with Gasteiger partial charge < -0.3 is 15.2 Å². The molecule has 1 aliphatic heterocycles. The summed E-state index contributed by atoms with van der Waals surface area (Å²) in [6.45, 7) is 10.3. The highest BCUT2D eigenvalue weighted by Gasteiger charge is 2.39.